The summed E-state index contributed by atoms with van der Waals surface area (Å²) in [4.78, 5) is 0.854. The van der Waals surface area contributed by atoms with Gasteiger partial charge in [0.25, 0.3) is 0 Å². The first-order chi connectivity index (χ1) is 8.60. The smallest absolute Gasteiger partial charge is 0.137 e. The Balaban J connectivity index is 2.31. The minimum Gasteiger partial charge on any atom is -0.497 e. The standard InChI is InChI=1S/C13H11F2NOS/c1-17-9-3-5-12(11(16)7-9)18-13-6-8(14)2-4-10(13)15/h2-7H,16H2,1H3. The van der Waals surface area contributed by atoms with E-state index >= 15 is 0 Å². The van der Waals surface area contributed by atoms with Crippen molar-refractivity contribution in [3.05, 3.63) is 48.0 Å². The molecule has 0 aliphatic carbocycles. The molecule has 0 unspecified atom stereocenters. The first kappa shape index (κ1) is 12.7. The van der Waals surface area contributed by atoms with Crippen molar-refractivity contribution in [2.24, 2.45) is 0 Å². The maximum Gasteiger partial charge on any atom is 0.137 e. The summed E-state index contributed by atoms with van der Waals surface area (Å²) in [6.45, 7) is 0. The summed E-state index contributed by atoms with van der Waals surface area (Å²) < 4.78 is 31.5. The van der Waals surface area contributed by atoms with E-state index in [1.165, 1.54) is 7.11 Å². The third kappa shape index (κ3) is 2.73. The van der Waals surface area contributed by atoms with Crippen LogP contribution in [0.5, 0.6) is 5.75 Å². The van der Waals surface area contributed by atoms with Crippen LogP contribution in [-0.2, 0) is 0 Å². The Labute approximate surface area is 108 Å². The van der Waals surface area contributed by atoms with Crippen molar-refractivity contribution in [3.63, 3.8) is 0 Å². The second-order valence-electron chi connectivity index (χ2n) is 3.58. The molecule has 0 atom stereocenters. The van der Waals surface area contributed by atoms with Crippen LogP contribution in [0.25, 0.3) is 0 Å². The third-order valence-electron chi connectivity index (χ3n) is 2.33. The molecule has 2 nitrogen and oxygen atoms in total. The average Bonchev–Trinajstić information content (AvgIpc) is 2.36. The molecule has 0 fully saturated rings. The van der Waals surface area contributed by atoms with E-state index in [4.69, 9.17) is 10.5 Å². The first-order valence-corrected chi connectivity index (χ1v) is 5.98. The van der Waals surface area contributed by atoms with Gasteiger partial charge in [-0.1, -0.05) is 11.8 Å². The molecule has 0 amide bonds. The fraction of sp³-hybridized carbons (Fsp3) is 0.0769. The molecule has 0 aliphatic heterocycles. The monoisotopic (exact) mass is 267 g/mol. The summed E-state index contributed by atoms with van der Waals surface area (Å²) in [6, 6.07) is 8.39. The molecular formula is C13H11F2NOS. The van der Waals surface area contributed by atoms with Gasteiger partial charge in [-0.25, -0.2) is 8.78 Å². The highest BCUT2D eigenvalue weighted by molar-refractivity contribution is 7.99. The molecule has 5 heteroatoms. The van der Waals surface area contributed by atoms with Gasteiger partial charge in [0.15, 0.2) is 0 Å². The zero-order valence-corrected chi connectivity index (χ0v) is 10.4. The molecule has 0 aromatic heterocycles. The highest BCUT2D eigenvalue weighted by atomic mass is 32.2. The van der Waals surface area contributed by atoms with Crippen molar-refractivity contribution in [1.82, 2.24) is 0 Å². The number of methoxy groups -OCH3 is 1. The Morgan fingerprint density at radius 1 is 1.06 bits per heavy atom. The fourth-order valence-electron chi connectivity index (χ4n) is 1.42. The highest BCUT2D eigenvalue weighted by Crippen LogP contribution is 2.35. The lowest BCUT2D eigenvalue weighted by molar-refractivity contribution is 0.415. The highest BCUT2D eigenvalue weighted by Gasteiger charge is 2.08. The van der Waals surface area contributed by atoms with Gasteiger partial charge in [0, 0.05) is 16.6 Å². The lowest BCUT2D eigenvalue weighted by atomic mass is 10.3. The van der Waals surface area contributed by atoms with E-state index in [9.17, 15) is 8.78 Å². The van der Waals surface area contributed by atoms with Crippen molar-refractivity contribution in [2.45, 2.75) is 9.79 Å². The molecule has 0 spiro atoms. The number of ether oxygens (including phenoxy) is 1. The van der Waals surface area contributed by atoms with Gasteiger partial charge >= 0.3 is 0 Å². The van der Waals surface area contributed by atoms with Gasteiger partial charge < -0.3 is 10.5 Å². The van der Waals surface area contributed by atoms with Crippen LogP contribution in [0, 0.1) is 11.6 Å². The molecule has 0 heterocycles. The SMILES string of the molecule is COc1ccc(Sc2cc(F)ccc2F)c(N)c1. The zero-order chi connectivity index (χ0) is 13.1. The van der Waals surface area contributed by atoms with E-state index < -0.39 is 11.6 Å². The lowest BCUT2D eigenvalue weighted by Gasteiger charge is -2.08. The summed E-state index contributed by atoms with van der Waals surface area (Å²) in [7, 11) is 1.54. The van der Waals surface area contributed by atoms with Crippen molar-refractivity contribution < 1.29 is 13.5 Å². The molecule has 0 aliphatic rings. The van der Waals surface area contributed by atoms with Crippen LogP contribution in [0.2, 0.25) is 0 Å². The molecule has 2 aromatic carbocycles. The summed E-state index contributed by atoms with van der Waals surface area (Å²) in [5.41, 5.74) is 6.28. The maximum absolute atomic E-state index is 13.5. The number of rotatable bonds is 3. The van der Waals surface area contributed by atoms with E-state index in [0.717, 1.165) is 30.0 Å². The Kier molecular flexibility index (Phi) is 3.72. The molecule has 0 saturated heterocycles. The molecule has 0 radical (unpaired) electrons. The van der Waals surface area contributed by atoms with Crippen molar-refractivity contribution in [1.29, 1.82) is 0 Å². The number of anilines is 1. The van der Waals surface area contributed by atoms with Crippen LogP contribution in [0.15, 0.2) is 46.2 Å². The average molecular weight is 267 g/mol. The largest absolute Gasteiger partial charge is 0.497 e. The Morgan fingerprint density at radius 3 is 2.50 bits per heavy atom. The minimum absolute atomic E-state index is 0.201. The minimum atomic E-state index is -0.481. The number of benzene rings is 2. The van der Waals surface area contributed by atoms with Gasteiger partial charge in [0.2, 0.25) is 0 Å². The number of hydrogen-bond acceptors (Lipinski definition) is 3. The normalized spacial score (nSPS) is 10.4. The topological polar surface area (TPSA) is 35.2 Å². The molecule has 2 aromatic rings. The second-order valence-corrected chi connectivity index (χ2v) is 4.66. The van der Waals surface area contributed by atoms with E-state index in [1.54, 1.807) is 18.2 Å². The molecular weight excluding hydrogens is 256 g/mol. The fourth-order valence-corrected chi connectivity index (χ4v) is 2.31. The number of hydrogen-bond donors (Lipinski definition) is 1. The van der Waals surface area contributed by atoms with Crippen LogP contribution in [0.4, 0.5) is 14.5 Å². The van der Waals surface area contributed by atoms with E-state index in [2.05, 4.69) is 0 Å². The van der Waals surface area contributed by atoms with E-state index in [0.29, 0.717) is 16.3 Å². The summed E-state index contributed by atoms with van der Waals surface area (Å²) in [6.07, 6.45) is 0. The maximum atomic E-state index is 13.5. The molecule has 2 N–H and O–H groups in total. The second kappa shape index (κ2) is 5.27. The van der Waals surface area contributed by atoms with Gasteiger partial charge in [-0.15, -0.1) is 0 Å². The van der Waals surface area contributed by atoms with Crippen LogP contribution in [0.3, 0.4) is 0 Å². The predicted molar refractivity (Wildman–Crippen MR) is 67.9 cm³/mol. The van der Waals surface area contributed by atoms with Gasteiger partial charge in [-0.3, -0.25) is 0 Å². The van der Waals surface area contributed by atoms with Crippen molar-refractivity contribution >= 4 is 17.4 Å². The van der Waals surface area contributed by atoms with Crippen LogP contribution in [0.1, 0.15) is 0 Å². The van der Waals surface area contributed by atoms with Gasteiger partial charge in [-0.2, -0.15) is 0 Å². The Morgan fingerprint density at radius 2 is 1.83 bits per heavy atom. The van der Waals surface area contributed by atoms with E-state index in [1.807, 2.05) is 0 Å². The number of nitrogen functional groups attached to an aromatic ring is 1. The van der Waals surface area contributed by atoms with Crippen LogP contribution in [-0.4, -0.2) is 7.11 Å². The van der Waals surface area contributed by atoms with Crippen molar-refractivity contribution in [3.8, 4) is 5.75 Å². The van der Waals surface area contributed by atoms with Crippen molar-refractivity contribution in [2.75, 3.05) is 12.8 Å². The van der Waals surface area contributed by atoms with E-state index in [-0.39, 0.29) is 4.90 Å². The summed E-state index contributed by atoms with van der Waals surface area (Å²) in [5, 5.41) is 0. The molecule has 0 bridgehead atoms. The molecule has 18 heavy (non-hydrogen) atoms. The lowest BCUT2D eigenvalue weighted by Crippen LogP contribution is -1.91. The quantitative estimate of drug-likeness (QED) is 0.861. The summed E-state index contributed by atoms with van der Waals surface area (Å²) >= 11 is 1.08. The first-order valence-electron chi connectivity index (χ1n) is 5.16. The third-order valence-corrected chi connectivity index (χ3v) is 3.45. The van der Waals surface area contributed by atoms with Gasteiger partial charge in [0.05, 0.1) is 12.0 Å². The van der Waals surface area contributed by atoms with Crippen LogP contribution < -0.4 is 10.5 Å². The summed E-state index contributed by atoms with van der Waals surface area (Å²) in [5.74, 6) is -0.334. The van der Waals surface area contributed by atoms with Gasteiger partial charge in [-0.05, 0) is 30.3 Å². The van der Waals surface area contributed by atoms with Crippen LogP contribution >= 0.6 is 11.8 Å². The van der Waals surface area contributed by atoms with Gasteiger partial charge in [0.1, 0.15) is 17.4 Å². The molecule has 94 valence electrons. The predicted octanol–water partition coefficient (Wildman–Crippen LogP) is 3.71. The number of nitrogens with two attached hydrogens (primary N) is 1. The molecule has 2 rings (SSSR count). The number of halogens is 2. The Hall–Kier alpha value is -1.75. The molecule has 0 saturated carbocycles. The Bertz CT molecular complexity index is 575. The zero-order valence-electron chi connectivity index (χ0n) is 9.61.